The Morgan fingerprint density at radius 3 is 2.27 bits per heavy atom. The van der Waals surface area contributed by atoms with E-state index in [-0.39, 0.29) is 5.91 Å². The van der Waals surface area contributed by atoms with Crippen LogP contribution in [0.25, 0.3) is 0 Å². The molecule has 3 aliphatic heterocycles. The molecule has 6 rings (SSSR count). The monoisotopic (exact) mass is 595 g/mol. The number of thioether (sulfide) groups is 1. The molecule has 3 fully saturated rings. The number of piperidine rings is 1. The second kappa shape index (κ2) is 12.4. The third-order valence-electron chi connectivity index (χ3n) is 7.90. The first-order valence-electron chi connectivity index (χ1n) is 14.0. The quantitative estimate of drug-likeness (QED) is 0.219. The molecular weight excluding hydrogens is 562 g/mol. The first kappa shape index (κ1) is 28.1. The molecule has 0 bridgehead atoms. The summed E-state index contributed by atoms with van der Waals surface area (Å²) in [7, 11) is 1.67. The van der Waals surface area contributed by atoms with E-state index in [4.69, 9.17) is 30.8 Å². The van der Waals surface area contributed by atoms with Crippen molar-refractivity contribution >= 4 is 40.8 Å². The smallest absolute Gasteiger partial charge is 0.253 e. The van der Waals surface area contributed by atoms with Gasteiger partial charge in [0.1, 0.15) is 16.7 Å². The van der Waals surface area contributed by atoms with Gasteiger partial charge in [-0.2, -0.15) is 0 Å². The lowest BCUT2D eigenvalue weighted by molar-refractivity contribution is -0.169. The highest BCUT2D eigenvalue weighted by Gasteiger charge is 2.40. The van der Waals surface area contributed by atoms with Gasteiger partial charge in [0.25, 0.3) is 5.91 Å². The first-order chi connectivity index (χ1) is 20.0. The van der Waals surface area contributed by atoms with Gasteiger partial charge in [-0.25, -0.2) is 9.97 Å². The molecule has 3 aliphatic rings. The summed E-state index contributed by atoms with van der Waals surface area (Å²) >= 11 is 7.90. The number of halogens is 1. The maximum absolute atomic E-state index is 13.2. The highest BCUT2D eigenvalue weighted by atomic mass is 35.5. The number of anilines is 2. The lowest BCUT2D eigenvalue weighted by Crippen LogP contribution is -2.48. The lowest BCUT2D eigenvalue weighted by atomic mass is 10.0. The van der Waals surface area contributed by atoms with Crippen LogP contribution in [-0.4, -0.2) is 86.2 Å². The van der Waals surface area contributed by atoms with Gasteiger partial charge in [0.05, 0.1) is 20.3 Å². The molecular formula is C30H34ClN5O4S. The Labute approximate surface area is 249 Å². The lowest BCUT2D eigenvalue weighted by Gasteiger charge is -2.38. The zero-order chi connectivity index (χ0) is 28.2. The van der Waals surface area contributed by atoms with Crippen LogP contribution in [0.4, 0.5) is 11.5 Å². The minimum absolute atomic E-state index is 0.0677. The van der Waals surface area contributed by atoms with Crippen LogP contribution in [0.5, 0.6) is 5.75 Å². The number of ether oxygens (including phenoxy) is 3. The van der Waals surface area contributed by atoms with Gasteiger partial charge < -0.3 is 28.9 Å². The van der Waals surface area contributed by atoms with Crippen molar-refractivity contribution in [2.24, 2.45) is 0 Å². The minimum atomic E-state index is -0.427. The number of piperazine rings is 1. The molecule has 0 radical (unpaired) electrons. The van der Waals surface area contributed by atoms with E-state index >= 15 is 0 Å². The SMILES string of the molecule is COc1ccc(N2CCN(C(=O)c3ccc(CSc4nc(Cl)cc(N5CCC6(CC5)OCCO6)n4)cc3)CC2)cc1. The molecule has 4 heterocycles. The Bertz CT molecular complexity index is 1340. The number of methoxy groups -OCH3 is 1. The Morgan fingerprint density at radius 2 is 1.61 bits per heavy atom. The molecule has 11 heteroatoms. The molecule has 0 saturated carbocycles. The van der Waals surface area contributed by atoms with E-state index in [1.165, 1.54) is 11.8 Å². The maximum atomic E-state index is 13.2. The zero-order valence-electron chi connectivity index (χ0n) is 23.1. The van der Waals surface area contributed by atoms with Crippen molar-refractivity contribution in [2.75, 3.05) is 69.4 Å². The Balaban J connectivity index is 1.01. The fraction of sp³-hybridized carbons (Fsp3) is 0.433. The largest absolute Gasteiger partial charge is 0.497 e. The maximum Gasteiger partial charge on any atom is 0.253 e. The second-order valence-electron chi connectivity index (χ2n) is 10.4. The fourth-order valence-corrected chi connectivity index (χ4v) is 6.55. The Morgan fingerprint density at radius 1 is 0.927 bits per heavy atom. The van der Waals surface area contributed by atoms with Crippen LogP contribution < -0.4 is 14.5 Å². The number of hydrogen-bond donors (Lipinski definition) is 0. The molecule has 3 aromatic rings. The number of amides is 1. The van der Waals surface area contributed by atoms with Crippen molar-refractivity contribution in [1.82, 2.24) is 14.9 Å². The molecule has 2 aromatic carbocycles. The summed E-state index contributed by atoms with van der Waals surface area (Å²) in [6, 6.07) is 17.7. The Kier molecular flexibility index (Phi) is 8.52. The van der Waals surface area contributed by atoms with E-state index in [1.807, 2.05) is 47.4 Å². The summed E-state index contributed by atoms with van der Waals surface area (Å²) in [4.78, 5) is 28.8. The molecule has 0 aliphatic carbocycles. The third kappa shape index (κ3) is 6.56. The van der Waals surface area contributed by atoms with E-state index < -0.39 is 5.79 Å². The summed E-state index contributed by atoms with van der Waals surface area (Å²) in [5.41, 5.74) is 2.95. The van der Waals surface area contributed by atoms with E-state index in [0.29, 0.717) is 47.9 Å². The molecule has 216 valence electrons. The van der Waals surface area contributed by atoms with Crippen LogP contribution in [0.15, 0.2) is 59.8 Å². The molecule has 9 nitrogen and oxygen atoms in total. The van der Waals surface area contributed by atoms with E-state index in [1.54, 1.807) is 7.11 Å². The summed E-state index contributed by atoms with van der Waals surface area (Å²) in [6.07, 6.45) is 1.61. The number of carbonyl (C=O) groups is 1. The highest BCUT2D eigenvalue weighted by molar-refractivity contribution is 7.98. The van der Waals surface area contributed by atoms with Crippen LogP contribution in [-0.2, 0) is 15.2 Å². The van der Waals surface area contributed by atoms with Crippen LogP contribution >= 0.6 is 23.4 Å². The summed E-state index contributed by atoms with van der Waals surface area (Å²) in [5.74, 6) is 1.99. The predicted octanol–water partition coefficient (Wildman–Crippen LogP) is 4.74. The molecule has 0 unspecified atom stereocenters. The van der Waals surface area contributed by atoms with Gasteiger partial charge >= 0.3 is 0 Å². The van der Waals surface area contributed by atoms with Gasteiger partial charge in [0, 0.05) is 75.2 Å². The van der Waals surface area contributed by atoms with E-state index in [9.17, 15) is 4.79 Å². The zero-order valence-corrected chi connectivity index (χ0v) is 24.7. The summed E-state index contributed by atoms with van der Waals surface area (Å²) in [6.45, 7) is 5.90. The normalized spacial score (nSPS) is 18.6. The van der Waals surface area contributed by atoms with Crippen LogP contribution in [0.2, 0.25) is 5.15 Å². The average molecular weight is 596 g/mol. The van der Waals surface area contributed by atoms with Gasteiger partial charge in [-0.3, -0.25) is 4.79 Å². The average Bonchev–Trinajstić information content (AvgIpc) is 3.48. The van der Waals surface area contributed by atoms with Crippen molar-refractivity contribution in [3.63, 3.8) is 0 Å². The summed E-state index contributed by atoms with van der Waals surface area (Å²) < 4.78 is 16.9. The van der Waals surface area contributed by atoms with E-state index in [2.05, 4.69) is 26.9 Å². The third-order valence-corrected chi connectivity index (χ3v) is 9.01. The van der Waals surface area contributed by atoms with Gasteiger partial charge in [-0.15, -0.1) is 0 Å². The minimum Gasteiger partial charge on any atom is -0.497 e. The topological polar surface area (TPSA) is 80.3 Å². The first-order valence-corrected chi connectivity index (χ1v) is 15.3. The number of benzene rings is 2. The number of hydrogen-bond acceptors (Lipinski definition) is 9. The molecule has 1 amide bonds. The second-order valence-corrected chi connectivity index (χ2v) is 11.7. The number of nitrogens with zero attached hydrogens (tertiary/aromatic N) is 5. The standard InChI is InChI=1S/C30H34ClN5O4S/c1-38-25-8-6-24(7-9-25)34-14-16-36(17-15-34)28(37)23-4-2-22(3-5-23)21-41-29-32-26(31)20-27(33-29)35-12-10-30(11-13-35)39-18-19-40-30/h2-9,20H,10-19,21H2,1H3. The van der Waals surface area contributed by atoms with Crippen LogP contribution in [0.1, 0.15) is 28.8 Å². The number of rotatable bonds is 7. The van der Waals surface area contributed by atoms with Gasteiger partial charge in [0.15, 0.2) is 10.9 Å². The molecule has 0 atom stereocenters. The molecule has 1 spiro atoms. The van der Waals surface area contributed by atoms with Gasteiger partial charge in [0.2, 0.25) is 0 Å². The molecule has 0 N–H and O–H groups in total. The van der Waals surface area contributed by atoms with Crippen molar-refractivity contribution < 1.29 is 19.0 Å². The number of carbonyl (C=O) groups excluding carboxylic acids is 1. The van der Waals surface area contributed by atoms with Crippen molar-refractivity contribution in [1.29, 1.82) is 0 Å². The fourth-order valence-electron chi connectivity index (χ4n) is 5.51. The summed E-state index contributed by atoms with van der Waals surface area (Å²) in [5, 5.41) is 1.07. The molecule has 41 heavy (non-hydrogen) atoms. The molecule has 1 aromatic heterocycles. The highest BCUT2D eigenvalue weighted by Crippen LogP contribution is 2.34. The Hall–Kier alpha value is -3.05. The predicted molar refractivity (Wildman–Crippen MR) is 160 cm³/mol. The van der Waals surface area contributed by atoms with E-state index in [0.717, 1.165) is 61.8 Å². The van der Waals surface area contributed by atoms with Gasteiger partial charge in [-0.1, -0.05) is 35.5 Å². The number of aromatic nitrogens is 2. The van der Waals surface area contributed by atoms with Crippen LogP contribution in [0, 0.1) is 0 Å². The van der Waals surface area contributed by atoms with Crippen molar-refractivity contribution in [2.45, 2.75) is 29.5 Å². The molecule has 3 saturated heterocycles. The van der Waals surface area contributed by atoms with Crippen molar-refractivity contribution in [3.8, 4) is 5.75 Å². The van der Waals surface area contributed by atoms with Crippen LogP contribution in [0.3, 0.4) is 0 Å². The van der Waals surface area contributed by atoms with Crippen molar-refractivity contribution in [3.05, 3.63) is 70.9 Å². The van der Waals surface area contributed by atoms with Gasteiger partial charge in [-0.05, 0) is 42.0 Å².